The van der Waals surface area contributed by atoms with E-state index in [1.165, 1.54) is 0 Å². The van der Waals surface area contributed by atoms with Gasteiger partial charge < -0.3 is 10.6 Å². The SMILES string of the molecule is CCCNCCNC(=O)c1cc(C)cc(Br)c1.Cl. The monoisotopic (exact) mass is 334 g/mol. The van der Waals surface area contributed by atoms with Gasteiger partial charge in [-0.1, -0.05) is 22.9 Å². The van der Waals surface area contributed by atoms with Gasteiger partial charge in [-0.25, -0.2) is 0 Å². The number of amides is 1. The van der Waals surface area contributed by atoms with E-state index in [-0.39, 0.29) is 18.3 Å². The second-order valence-corrected chi connectivity index (χ2v) is 4.94. The van der Waals surface area contributed by atoms with E-state index in [0.29, 0.717) is 12.1 Å². The van der Waals surface area contributed by atoms with Crippen LogP contribution >= 0.6 is 28.3 Å². The van der Waals surface area contributed by atoms with Crippen molar-refractivity contribution in [3.63, 3.8) is 0 Å². The van der Waals surface area contributed by atoms with Gasteiger partial charge in [0.25, 0.3) is 5.91 Å². The van der Waals surface area contributed by atoms with Crippen molar-refractivity contribution < 1.29 is 4.79 Å². The molecule has 0 fully saturated rings. The molecule has 0 bridgehead atoms. The number of halogens is 2. The number of carbonyl (C=O) groups excluding carboxylic acids is 1. The van der Waals surface area contributed by atoms with Gasteiger partial charge in [-0.05, 0) is 43.7 Å². The molecule has 2 N–H and O–H groups in total. The number of benzene rings is 1. The summed E-state index contributed by atoms with van der Waals surface area (Å²) in [6, 6.07) is 5.71. The van der Waals surface area contributed by atoms with Crippen LogP contribution in [0.15, 0.2) is 22.7 Å². The van der Waals surface area contributed by atoms with Gasteiger partial charge in [0.2, 0.25) is 0 Å². The van der Waals surface area contributed by atoms with Crippen LogP contribution in [0, 0.1) is 6.92 Å². The summed E-state index contributed by atoms with van der Waals surface area (Å²) in [5.41, 5.74) is 1.78. The van der Waals surface area contributed by atoms with Gasteiger partial charge >= 0.3 is 0 Å². The van der Waals surface area contributed by atoms with E-state index in [9.17, 15) is 4.79 Å². The lowest BCUT2D eigenvalue weighted by Gasteiger charge is -2.07. The second-order valence-electron chi connectivity index (χ2n) is 4.02. The summed E-state index contributed by atoms with van der Waals surface area (Å²) in [5, 5.41) is 6.13. The number of hydrogen-bond donors (Lipinski definition) is 2. The maximum Gasteiger partial charge on any atom is 0.251 e. The van der Waals surface area contributed by atoms with Crippen molar-refractivity contribution in [3.8, 4) is 0 Å². The quantitative estimate of drug-likeness (QED) is 0.785. The van der Waals surface area contributed by atoms with Crippen LogP contribution < -0.4 is 10.6 Å². The standard InChI is InChI=1S/C13H19BrN2O.ClH/c1-3-4-15-5-6-16-13(17)11-7-10(2)8-12(14)9-11;/h7-9,15H,3-6H2,1-2H3,(H,16,17);1H. The molecular weight excluding hydrogens is 316 g/mol. The maximum atomic E-state index is 11.8. The minimum atomic E-state index is -0.0206. The van der Waals surface area contributed by atoms with E-state index < -0.39 is 0 Å². The van der Waals surface area contributed by atoms with Gasteiger partial charge in [0.1, 0.15) is 0 Å². The molecule has 1 aromatic rings. The van der Waals surface area contributed by atoms with Crippen LogP contribution in [0.1, 0.15) is 29.3 Å². The zero-order valence-electron chi connectivity index (χ0n) is 10.8. The van der Waals surface area contributed by atoms with Gasteiger partial charge in [0.15, 0.2) is 0 Å². The summed E-state index contributed by atoms with van der Waals surface area (Å²) in [4.78, 5) is 11.8. The fourth-order valence-electron chi connectivity index (χ4n) is 1.54. The van der Waals surface area contributed by atoms with Gasteiger partial charge in [-0.3, -0.25) is 4.79 Å². The Kier molecular flexibility index (Phi) is 9.06. The highest BCUT2D eigenvalue weighted by molar-refractivity contribution is 9.10. The number of aryl methyl sites for hydroxylation is 1. The molecule has 0 heterocycles. The van der Waals surface area contributed by atoms with E-state index in [4.69, 9.17) is 0 Å². The Morgan fingerprint density at radius 1 is 1.22 bits per heavy atom. The van der Waals surface area contributed by atoms with Crippen molar-refractivity contribution in [2.75, 3.05) is 19.6 Å². The Bertz CT molecular complexity index is 365. The number of nitrogens with one attached hydrogen (secondary N) is 2. The smallest absolute Gasteiger partial charge is 0.251 e. The summed E-state index contributed by atoms with van der Waals surface area (Å²) in [5.74, 6) is -0.0206. The molecule has 0 radical (unpaired) electrons. The Morgan fingerprint density at radius 3 is 2.56 bits per heavy atom. The third-order valence-electron chi connectivity index (χ3n) is 2.32. The van der Waals surface area contributed by atoms with Gasteiger partial charge in [0, 0.05) is 23.1 Å². The van der Waals surface area contributed by atoms with Crippen LogP contribution in [0.3, 0.4) is 0 Å². The Hall–Kier alpha value is -0.580. The molecule has 5 heteroatoms. The van der Waals surface area contributed by atoms with E-state index >= 15 is 0 Å². The van der Waals surface area contributed by atoms with Gasteiger partial charge in [-0.15, -0.1) is 12.4 Å². The Labute approximate surface area is 123 Å². The predicted molar refractivity (Wildman–Crippen MR) is 81.6 cm³/mol. The van der Waals surface area contributed by atoms with Crippen LogP contribution in [0.2, 0.25) is 0 Å². The minimum absolute atomic E-state index is 0. The topological polar surface area (TPSA) is 41.1 Å². The molecule has 0 atom stereocenters. The summed E-state index contributed by atoms with van der Waals surface area (Å²) in [6.07, 6.45) is 1.11. The first-order valence-corrected chi connectivity index (χ1v) is 6.69. The maximum absolute atomic E-state index is 11.8. The molecule has 1 amide bonds. The summed E-state index contributed by atoms with van der Waals surface area (Å²) >= 11 is 3.39. The zero-order valence-corrected chi connectivity index (χ0v) is 13.2. The lowest BCUT2D eigenvalue weighted by molar-refractivity contribution is 0.0954. The second kappa shape index (κ2) is 9.36. The van der Waals surface area contributed by atoms with Crippen LogP contribution in [-0.2, 0) is 0 Å². The fraction of sp³-hybridized carbons (Fsp3) is 0.462. The molecule has 0 aliphatic heterocycles. The summed E-state index contributed by atoms with van der Waals surface area (Å²) < 4.78 is 0.937. The van der Waals surface area contributed by atoms with Crippen LogP contribution in [0.4, 0.5) is 0 Å². The lowest BCUT2D eigenvalue weighted by atomic mass is 10.1. The predicted octanol–water partition coefficient (Wildman–Crippen LogP) is 2.91. The van der Waals surface area contributed by atoms with E-state index in [2.05, 4.69) is 33.5 Å². The van der Waals surface area contributed by atoms with E-state index in [0.717, 1.165) is 29.5 Å². The molecule has 1 rings (SSSR count). The Morgan fingerprint density at radius 2 is 1.94 bits per heavy atom. The third-order valence-corrected chi connectivity index (χ3v) is 2.78. The molecule has 0 unspecified atom stereocenters. The highest BCUT2D eigenvalue weighted by Crippen LogP contribution is 2.15. The molecule has 102 valence electrons. The van der Waals surface area contributed by atoms with Crippen LogP contribution in [0.25, 0.3) is 0 Å². The first-order chi connectivity index (χ1) is 8.13. The number of carbonyl (C=O) groups is 1. The highest BCUT2D eigenvalue weighted by Gasteiger charge is 2.05. The molecule has 0 aromatic heterocycles. The van der Waals surface area contributed by atoms with Crippen LogP contribution in [0.5, 0.6) is 0 Å². The molecular formula is C13H20BrClN2O. The molecule has 0 saturated heterocycles. The normalized spacial score (nSPS) is 9.72. The minimum Gasteiger partial charge on any atom is -0.351 e. The van der Waals surface area contributed by atoms with Gasteiger partial charge in [-0.2, -0.15) is 0 Å². The van der Waals surface area contributed by atoms with Crippen molar-refractivity contribution in [3.05, 3.63) is 33.8 Å². The molecule has 1 aromatic carbocycles. The van der Waals surface area contributed by atoms with E-state index in [1.54, 1.807) is 0 Å². The first-order valence-electron chi connectivity index (χ1n) is 5.89. The third kappa shape index (κ3) is 6.38. The molecule has 18 heavy (non-hydrogen) atoms. The lowest BCUT2D eigenvalue weighted by Crippen LogP contribution is -2.32. The zero-order chi connectivity index (χ0) is 12.7. The Balaban J connectivity index is 0.00000289. The number of hydrogen-bond acceptors (Lipinski definition) is 2. The summed E-state index contributed by atoms with van der Waals surface area (Å²) in [6.45, 7) is 6.56. The largest absolute Gasteiger partial charge is 0.351 e. The molecule has 0 saturated carbocycles. The van der Waals surface area contributed by atoms with E-state index in [1.807, 2.05) is 25.1 Å². The first kappa shape index (κ1) is 17.4. The van der Waals surface area contributed by atoms with Crippen molar-refractivity contribution in [2.45, 2.75) is 20.3 Å². The van der Waals surface area contributed by atoms with Gasteiger partial charge in [0.05, 0.1) is 0 Å². The summed E-state index contributed by atoms with van der Waals surface area (Å²) in [7, 11) is 0. The van der Waals surface area contributed by atoms with Crippen molar-refractivity contribution in [2.24, 2.45) is 0 Å². The molecule has 3 nitrogen and oxygen atoms in total. The number of rotatable bonds is 6. The molecule has 0 aliphatic carbocycles. The van der Waals surface area contributed by atoms with Crippen molar-refractivity contribution in [1.29, 1.82) is 0 Å². The van der Waals surface area contributed by atoms with Crippen molar-refractivity contribution >= 4 is 34.2 Å². The van der Waals surface area contributed by atoms with Crippen molar-refractivity contribution in [1.82, 2.24) is 10.6 Å². The molecule has 0 spiro atoms. The fourth-order valence-corrected chi connectivity index (χ4v) is 2.14. The average Bonchev–Trinajstić information content (AvgIpc) is 2.27. The highest BCUT2D eigenvalue weighted by atomic mass is 79.9. The molecule has 0 aliphatic rings. The average molecular weight is 336 g/mol. The van der Waals surface area contributed by atoms with Crippen LogP contribution in [-0.4, -0.2) is 25.5 Å².